The average Bonchev–Trinajstić information content (AvgIpc) is 2.67. The molecule has 4 rings (SSSR count). The summed E-state index contributed by atoms with van der Waals surface area (Å²) in [6.07, 6.45) is 7.06. The van der Waals surface area contributed by atoms with Crippen molar-refractivity contribution in [1.82, 2.24) is 4.98 Å². The minimum Gasteiger partial charge on any atom is -0.371 e. The Balaban J connectivity index is 1.39. The van der Waals surface area contributed by atoms with Gasteiger partial charge in [0.2, 0.25) is 0 Å². The number of anilines is 1. The van der Waals surface area contributed by atoms with Gasteiger partial charge in [0.05, 0.1) is 5.52 Å². The largest absolute Gasteiger partial charge is 0.371 e. The molecule has 3 aromatic rings. The molecule has 1 aliphatic rings. The average molecular weight is 316 g/mol. The second-order valence-electron chi connectivity index (χ2n) is 6.80. The molecule has 2 heteroatoms. The molecule has 0 radical (unpaired) electrons. The standard InChI is InChI=1S/C22H24N2/c1-2-6-18(7-3-1)10-11-19-13-16-24(17-14-19)22-12-15-23-21-9-5-4-8-20(21)22/h1-9,12,15,19H,10-11,13-14,16-17H2. The molecule has 0 atom stereocenters. The van der Waals surface area contributed by atoms with Crippen molar-refractivity contribution in [3.8, 4) is 0 Å². The Hall–Kier alpha value is -2.35. The Morgan fingerprint density at radius 1 is 0.875 bits per heavy atom. The van der Waals surface area contributed by atoms with Gasteiger partial charge in [0.15, 0.2) is 0 Å². The zero-order valence-electron chi connectivity index (χ0n) is 14.1. The Bertz CT molecular complexity index is 784. The SMILES string of the molecule is c1ccc(CCC2CCN(c3ccnc4ccccc34)CC2)cc1. The van der Waals surface area contributed by atoms with Gasteiger partial charge in [0, 0.05) is 30.4 Å². The van der Waals surface area contributed by atoms with Gasteiger partial charge < -0.3 is 4.90 Å². The molecule has 0 amide bonds. The van der Waals surface area contributed by atoms with Crippen LogP contribution in [0.1, 0.15) is 24.8 Å². The molecule has 1 fully saturated rings. The first-order valence-corrected chi connectivity index (χ1v) is 9.03. The third-order valence-corrected chi connectivity index (χ3v) is 5.27. The van der Waals surface area contributed by atoms with Crippen LogP contribution in [0.25, 0.3) is 10.9 Å². The summed E-state index contributed by atoms with van der Waals surface area (Å²) in [4.78, 5) is 7.03. The van der Waals surface area contributed by atoms with Crippen LogP contribution in [0.3, 0.4) is 0 Å². The summed E-state index contributed by atoms with van der Waals surface area (Å²) in [5.74, 6) is 0.856. The van der Waals surface area contributed by atoms with Crippen molar-refractivity contribution < 1.29 is 0 Å². The molecule has 24 heavy (non-hydrogen) atoms. The van der Waals surface area contributed by atoms with E-state index in [9.17, 15) is 0 Å². The lowest BCUT2D eigenvalue weighted by molar-refractivity contribution is 0.382. The number of piperidine rings is 1. The maximum absolute atomic E-state index is 4.49. The molecule has 0 N–H and O–H groups in total. The topological polar surface area (TPSA) is 16.1 Å². The van der Waals surface area contributed by atoms with Gasteiger partial charge >= 0.3 is 0 Å². The second-order valence-corrected chi connectivity index (χ2v) is 6.80. The number of aryl methyl sites for hydroxylation is 1. The summed E-state index contributed by atoms with van der Waals surface area (Å²) < 4.78 is 0. The fraction of sp³-hybridized carbons (Fsp3) is 0.318. The van der Waals surface area contributed by atoms with Crippen molar-refractivity contribution in [3.05, 3.63) is 72.4 Å². The first-order valence-electron chi connectivity index (χ1n) is 9.03. The number of rotatable bonds is 4. The van der Waals surface area contributed by atoms with Crippen molar-refractivity contribution in [2.45, 2.75) is 25.7 Å². The van der Waals surface area contributed by atoms with Crippen molar-refractivity contribution in [3.63, 3.8) is 0 Å². The van der Waals surface area contributed by atoms with Gasteiger partial charge in [-0.15, -0.1) is 0 Å². The maximum Gasteiger partial charge on any atom is 0.0722 e. The van der Waals surface area contributed by atoms with E-state index in [1.165, 1.54) is 42.3 Å². The molecule has 2 nitrogen and oxygen atoms in total. The first-order chi connectivity index (χ1) is 11.9. The summed E-state index contributed by atoms with van der Waals surface area (Å²) in [6, 6.07) is 21.5. The lowest BCUT2D eigenvalue weighted by Crippen LogP contribution is -2.33. The molecular weight excluding hydrogens is 292 g/mol. The van der Waals surface area contributed by atoms with Crippen LogP contribution in [-0.2, 0) is 6.42 Å². The first kappa shape index (κ1) is 15.2. The second kappa shape index (κ2) is 7.04. The predicted molar refractivity (Wildman–Crippen MR) is 101 cm³/mol. The molecule has 2 aromatic carbocycles. The minimum absolute atomic E-state index is 0.856. The van der Waals surface area contributed by atoms with E-state index in [2.05, 4.69) is 70.5 Å². The van der Waals surface area contributed by atoms with E-state index in [0.29, 0.717) is 0 Å². The molecule has 0 saturated carbocycles. The quantitative estimate of drug-likeness (QED) is 0.667. The van der Waals surface area contributed by atoms with Crippen LogP contribution in [0.2, 0.25) is 0 Å². The van der Waals surface area contributed by atoms with E-state index in [1.807, 2.05) is 6.20 Å². The lowest BCUT2D eigenvalue weighted by atomic mass is 9.90. The Kier molecular flexibility index (Phi) is 4.46. The van der Waals surface area contributed by atoms with E-state index in [0.717, 1.165) is 24.5 Å². The fourth-order valence-electron chi connectivity index (χ4n) is 3.83. The van der Waals surface area contributed by atoms with Crippen LogP contribution in [0.4, 0.5) is 5.69 Å². The van der Waals surface area contributed by atoms with E-state index < -0.39 is 0 Å². The van der Waals surface area contributed by atoms with Gasteiger partial charge in [0.1, 0.15) is 0 Å². The molecular formula is C22H24N2. The predicted octanol–water partition coefficient (Wildman–Crippen LogP) is 5.08. The van der Waals surface area contributed by atoms with E-state index in [4.69, 9.17) is 0 Å². The highest BCUT2D eigenvalue weighted by molar-refractivity contribution is 5.91. The van der Waals surface area contributed by atoms with Crippen LogP contribution in [-0.4, -0.2) is 18.1 Å². The van der Waals surface area contributed by atoms with Gasteiger partial charge in [-0.05, 0) is 49.3 Å². The molecule has 0 aliphatic carbocycles. The Morgan fingerprint density at radius 2 is 1.62 bits per heavy atom. The Morgan fingerprint density at radius 3 is 2.46 bits per heavy atom. The molecule has 0 bridgehead atoms. The van der Waals surface area contributed by atoms with E-state index >= 15 is 0 Å². The number of para-hydroxylation sites is 1. The summed E-state index contributed by atoms with van der Waals surface area (Å²) in [5, 5.41) is 1.28. The van der Waals surface area contributed by atoms with Crippen LogP contribution in [0, 0.1) is 5.92 Å². The number of hydrogen-bond acceptors (Lipinski definition) is 2. The van der Waals surface area contributed by atoms with Gasteiger partial charge in [-0.3, -0.25) is 4.98 Å². The van der Waals surface area contributed by atoms with Gasteiger partial charge in [-0.1, -0.05) is 48.5 Å². The number of hydrogen-bond donors (Lipinski definition) is 0. The zero-order chi connectivity index (χ0) is 16.2. The fourth-order valence-corrected chi connectivity index (χ4v) is 3.83. The van der Waals surface area contributed by atoms with Crippen molar-refractivity contribution >= 4 is 16.6 Å². The number of nitrogens with zero attached hydrogens (tertiary/aromatic N) is 2. The van der Waals surface area contributed by atoms with Crippen molar-refractivity contribution in [2.24, 2.45) is 5.92 Å². The van der Waals surface area contributed by atoms with Gasteiger partial charge in [-0.2, -0.15) is 0 Å². The van der Waals surface area contributed by atoms with Crippen LogP contribution in [0.15, 0.2) is 66.9 Å². The van der Waals surface area contributed by atoms with Crippen LogP contribution >= 0.6 is 0 Å². The van der Waals surface area contributed by atoms with Crippen LogP contribution in [0.5, 0.6) is 0 Å². The van der Waals surface area contributed by atoms with Crippen molar-refractivity contribution in [1.29, 1.82) is 0 Å². The number of fused-ring (bicyclic) bond motifs is 1. The lowest BCUT2D eigenvalue weighted by Gasteiger charge is -2.34. The molecule has 1 saturated heterocycles. The highest BCUT2D eigenvalue weighted by atomic mass is 15.1. The van der Waals surface area contributed by atoms with E-state index in [-0.39, 0.29) is 0 Å². The highest BCUT2D eigenvalue weighted by Gasteiger charge is 2.20. The van der Waals surface area contributed by atoms with Crippen LogP contribution < -0.4 is 4.90 Å². The third kappa shape index (κ3) is 3.28. The molecule has 1 aliphatic heterocycles. The normalized spacial score (nSPS) is 15.8. The minimum atomic E-state index is 0.856. The van der Waals surface area contributed by atoms with Crippen molar-refractivity contribution in [2.75, 3.05) is 18.0 Å². The molecule has 2 heterocycles. The molecule has 1 aromatic heterocycles. The molecule has 122 valence electrons. The summed E-state index contributed by atoms with van der Waals surface area (Å²) in [5.41, 5.74) is 3.92. The zero-order valence-corrected chi connectivity index (χ0v) is 14.1. The summed E-state index contributed by atoms with van der Waals surface area (Å²) in [6.45, 7) is 2.32. The summed E-state index contributed by atoms with van der Waals surface area (Å²) >= 11 is 0. The molecule has 0 spiro atoms. The number of benzene rings is 2. The monoisotopic (exact) mass is 316 g/mol. The number of pyridine rings is 1. The van der Waals surface area contributed by atoms with Gasteiger partial charge in [0.25, 0.3) is 0 Å². The maximum atomic E-state index is 4.49. The summed E-state index contributed by atoms with van der Waals surface area (Å²) in [7, 11) is 0. The number of aromatic nitrogens is 1. The third-order valence-electron chi connectivity index (χ3n) is 5.27. The van der Waals surface area contributed by atoms with E-state index in [1.54, 1.807) is 0 Å². The van der Waals surface area contributed by atoms with Gasteiger partial charge in [-0.25, -0.2) is 0 Å². The Labute approximate surface area is 144 Å². The smallest absolute Gasteiger partial charge is 0.0722 e. The highest BCUT2D eigenvalue weighted by Crippen LogP contribution is 2.30. The molecule has 0 unspecified atom stereocenters.